The minimum absolute atomic E-state index is 0.244. The van der Waals surface area contributed by atoms with Crippen LogP contribution in [0, 0.1) is 0 Å². The number of para-hydroxylation sites is 2. The molecule has 482 valence electrons. The number of hydrogen-bond donors (Lipinski definition) is 0. The third-order valence-corrected chi connectivity index (χ3v) is 24.2. The molecule has 0 amide bonds. The van der Waals surface area contributed by atoms with Gasteiger partial charge in [-0.15, -0.1) is 0 Å². The van der Waals surface area contributed by atoms with E-state index in [0.717, 1.165) is 179 Å². The van der Waals surface area contributed by atoms with Gasteiger partial charge in [-0.25, -0.2) is 0 Å². The quantitative estimate of drug-likeness (QED) is 0.157. The van der Waals surface area contributed by atoms with E-state index >= 15 is 0 Å². The van der Waals surface area contributed by atoms with E-state index in [1.165, 1.54) is 4.26 Å². The summed E-state index contributed by atoms with van der Waals surface area (Å²) in [5, 5.41) is 16.1. The predicted octanol–water partition coefficient (Wildman–Crippen LogP) is 23.6. The maximum atomic E-state index is 12.2. The van der Waals surface area contributed by atoms with Crippen LogP contribution in [0.5, 0.6) is 0 Å². The van der Waals surface area contributed by atoms with Crippen molar-refractivity contribution in [2.24, 2.45) is 0 Å². The van der Waals surface area contributed by atoms with E-state index in [1.54, 1.807) is 0 Å². The van der Waals surface area contributed by atoms with E-state index in [-0.39, 0.29) is 37.4 Å². The summed E-state index contributed by atoms with van der Waals surface area (Å²) in [5.41, 5.74) is 15.1. The van der Waals surface area contributed by atoms with Crippen molar-refractivity contribution in [1.29, 1.82) is 0 Å². The van der Waals surface area contributed by atoms with Crippen LogP contribution < -0.4 is 16.4 Å². The van der Waals surface area contributed by atoms with Crippen molar-refractivity contribution < 1.29 is 5.48 Å². The van der Waals surface area contributed by atoms with Crippen LogP contribution in [0.1, 0.15) is 84.5 Å². The summed E-state index contributed by atoms with van der Waals surface area (Å²) in [5.74, 6) is 0. The van der Waals surface area contributed by atoms with Crippen molar-refractivity contribution in [3.8, 4) is 39.3 Å². The Labute approximate surface area is 600 Å². The molecule has 0 saturated heterocycles. The van der Waals surface area contributed by atoms with Crippen LogP contribution in [0.3, 0.4) is 0 Å². The van der Waals surface area contributed by atoms with Gasteiger partial charge in [-0.2, -0.15) is 0 Å². The molecule has 0 bridgehead atoms. The van der Waals surface area contributed by atoms with Crippen LogP contribution in [0.2, 0.25) is 0 Å². The molecule has 0 atom stereocenters. The molecule has 18 aromatic rings. The number of hydrogen-bond acceptors (Lipinski definition) is 0. The summed E-state index contributed by atoms with van der Waals surface area (Å²) in [7, 11) is 0. The van der Waals surface area contributed by atoms with Gasteiger partial charge in [-0.1, -0.05) is 32.9 Å². The molecular weight excluding hydrogens is 1280 g/mol. The molecule has 0 radical (unpaired) electrons. The predicted molar refractivity (Wildman–Crippen MR) is 438 cm³/mol. The average molecular weight is 1360 g/mol. The number of nitrogens with zero attached hydrogens (tertiary/aromatic N) is 3. The van der Waals surface area contributed by atoms with Crippen LogP contribution in [0.15, 0.2) is 285 Å². The summed E-state index contributed by atoms with van der Waals surface area (Å²) >= 11 is -0.344. The molecule has 3 nitrogen and oxygen atoms in total. The maximum absolute atomic E-state index is 12.2. The van der Waals surface area contributed by atoms with Crippen LogP contribution in [0.4, 0.5) is 0 Å². The van der Waals surface area contributed by atoms with Gasteiger partial charge < -0.3 is 0 Å². The van der Waals surface area contributed by atoms with Crippen molar-refractivity contribution in [2.45, 2.75) is 78.6 Å². The van der Waals surface area contributed by atoms with E-state index in [1.807, 2.05) is 0 Å². The molecule has 0 aliphatic carbocycles. The Morgan fingerprint density at radius 1 is 0.297 bits per heavy atom. The Hall–Kier alpha value is -10.9. The standard InChI is InChI=1S/C96H74BN3Se/c1-94(2,3)59-49-73(57-31-13-10-14-32-57)89-75(51-59)67-41-21-19-37-63(67)65-39-23-25-44-70(65)86-85-72-46-28-30-48-83(72)101-84(85)56-79-92(86)99(89)81-53-61(96(7,8)9)54-82-88(81)97(79)78-55-77-69-43-27-29-47-80(69)98(62-35-17-12-18-36-62)91(77)87-71-45-26-24-40-66(71)64-38-20-22-42-68(64)76-52-60(95(4,5)6)50-74(58-33-15-11-16-34-58)90(76)100(82)93(78)87/h10-56H,1-9H3/i53D,54D,55D,56D. The molecule has 2 aliphatic heterocycles. The van der Waals surface area contributed by atoms with E-state index in [0.29, 0.717) is 29.0 Å². The van der Waals surface area contributed by atoms with E-state index in [9.17, 15) is 5.48 Å². The van der Waals surface area contributed by atoms with Gasteiger partial charge in [-0.3, -0.25) is 0 Å². The van der Waals surface area contributed by atoms with Gasteiger partial charge in [0.15, 0.2) is 0 Å². The van der Waals surface area contributed by atoms with Crippen LogP contribution in [-0.4, -0.2) is 34.9 Å². The van der Waals surface area contributed by atoms with Gasteiger partial charge in [0, 0.05) is 0 Å². The van der Waals surface area contributed by atoms with Crippen molar-refractivity contribution in [1.82, 2.24) is 13.7 Å². The van der Waals surface area contributed by atoms with Crippen LogP contribution >= 0.6 is 0 Å². The summed E-state index contributed by atoms with van der Waals surface area (Å²) < 4.78 is 57.6. The Morgan fingerprint density at radius 2 is 0.693 bits per heavy atom. The first-order valence-corrected chi connectivity index (χ1v) is 37.3. The summed E-state index contributed by atoms with van der Waals surface area (Å²) in [6.07, 6.45) is 0. The first kappa shape index (κ1) is 55.9. The zero-order chi connectivity index (χ0) is 71.6. The Balaban J connectivity index is 1.22. The molecule has 2 aliphatic rings. The van der Waals surface area contributed by atoms with Crippen molar-refractivity contribution >= 4 is 165 Å². The van der Waals surface area contributed by atoms with Crippen molar-refractivity contribution in [3.05, 3.63) is 302 Å². The fourth-order valence-corrected chi connectivity index (χ4v) is 19.6. The van der Waals surface area contributed by atoms with Gasteiger partial charge in [0.1, 0.15) is 0 Å². The number of fused-ring (bicyclic) bond motifs is 26. The van der Waals surface area contributed by atoms with Crippen molar-refractivity contribution in [2.75, 3.05) is 0 Å². The van der Waals surface area contributed by atoms with Gasteiger partial charge >= 0.3 is 571 Å². The molecule has 0 N–H and O–H groups in total. The van der Waals surface area contributed by atoms with Crippen molar-refractivity contribution in [3.63, 3.8) is 0 Å². The zero-order valence-corrected chi connectivity index (χ0v) is 59.9. The Kier molecular flexibility index (Phi) is 12.1. The second-order valence-corrected chi connectivity index (χ2v) is 33.3. The fourth-order valence-electron chi connectivity index (χ4n) is 17.2. The van der Waals surface area contributed by atoms with Gasteiger partial charge in [0.25, 0.3) is 0 Å². The molecular formula is C96H74BN3Se. The third-order valence-electron chi connectivity index (χ3n) is 21.9. The molecule has 14 aromatic carbocycles. The molecule has 0 unspecified atom stereocenters. The second-order valence-electron chi connectivity index (χ2n) is 31.1. The van der Waals surface area contributed by atoms with Gasteiger partial charge in [0.05, 0.1) is 0 Å². The third kappa shape index (κ3) is 8.79. The van der Waals surface area contributed by atoms with Crippen LogP contribution in [-0.2, 0) is 16.2 Å². The summed E-state index contributed by atoms with van der Waals surface area (Å²) in [6, 6.07) is 96.6. The molecule has 6 heterocycles. The molecule has 20 rings (SSSR count). The summed E-state index contributed by atoms with van der Waals surface area (Å²) in [4.78, 5) is 0. The molecule has 0 saturated carbocycles. The second kappa shape index (κ2) is 21.8. The van der Waals surface area contributed by atoms with Gasteiger partial charge in [-0.05, 0) is 0 Å². The molecule has 0 fully saturated rings. The van der Waals surface area contributed by atoms with E-state index in [2.05, 4.69) is 337 Å². The monoisotopic (exact) mass is 1360 g/mol. The Bertz CT molecular complexity index is 7060. The molecule has 0 spiro atoms. The topological polar surface area (TPSA) is 14.8 Å². The number of benzene rings is 14. The van der Waals surface area contributed by atoms with E-state index in [4.69, 9.17) is 0 Å². The fraction of sp³-hybridized carbons (Fsp3) is 0.125. The average Bonchev–Trinajstić information content (AvgIpc) is 1.65. The zero-order valence-electron chi connectivity index (χ0n) is 62.2. The normalized spacial score (nSPS) is 13.5. The molecule has 101 heavy (non-hydrogen) atoms. The first-order valence-electron chi connectivity index (χ1n) is 37.5. The van der Waals surface area contributed by atoms with E-state index < -0.39 is 12.1 Å². The first-order chi connectivity index (χ1) is 50.8. The Morgan fingerprint density at radius 3 is 1.20 bits per heavy atom. The van der Waals surface area contributed by atoms with Gasteiger partial charge in [0.2, 0.25) is 0 Å². The molecule has 4 aromatic heterocycles. The molecule has 5 heteroatoms. The number of rotatable bonds is 3. The minimum atomic E-state index is -0.916. The van der Waals surface area contributed by atoms with Crippen LogP contribution in [0.25, 0.3) is 167 Å². The number of aromatic nitrogens is 3. The summed E-state index contributed by atoms with van der Waals surface area (Å²) in [6.45, 7) is 19.5. The SMILES string of the molecule is [2H]c1c2c3c(c([2H])c1C(C)(C)C)-n1c4c(-c5ccccc5)cc(C(C)(C)C)cc4c4ccccc4c4ccccc4c4c1c(c([2H])c1c5ccccc5n(-c5ccccc5)c14)B3c1c([2H])c3[se]c4ccccc4c3c3c4ccccc4c4ccccc4c4cc(C(C)(C)C)cc(-c5ccccc5)c4n-2c13.